The number of hydrogen-bond acceptors (Lipinski definition) is 3. The molecule has 0 unspecified atom stereocenters. The summed E-state index contributed by atoms with van der Waals surface area (Å²) in [5.41, 5.74) is -0.584. The quantitative estimate of drug-likeness (QED) is 0.878. The van der Waals surface area contributed by atoms with Crippen LogP contribution in [-0.4, -0.2) is 26.2 Å². The highest BCUT2D eigenvalue weighted by molar-refractivity contribution is 5.55. The predicted molar refractivity (Wildman–Crippen MR) is 61.2 cm³/mol. The van der Waals surface area contributed by atoms with Crippen molar-refractivity contribution in [2.45, 2.75) is 12.2 Å². The van der Waals surface area contributed by atoms with E-state index in [1.54, 1.807) is 6.07 Å². The predicted octanol–water partition coefficient (Wildman–Crippen LogP) is 1.99. The number of rotatable bonds is 2. The minimum absolute atomic E-state index is 0.272. The van der Waals surface area contributed by atoms with E-state index in [4.69, 9.17) is 5.26 Å². The molecule has 0 aliphatic carbocycles. The van der Waals surface area contributed by atoms with E-state index >= 15 is 0 Å². The summed E-state index contributed by atoms with van der Waals surface area (Å²) in [6, 6.07) is 5.55. The molecular weight excluding hydrogens is 243 g/mol. The highest BCUT2D eigenvalue weighted by Gasteiger charge is 2.34. The van der Waals surface area contributed by atoms with E-state index in [0.717, 1.165) is 19.2 Å². The van der Waals surface area contributed by atoms with Crippen LogP contribution >= 0.6 is 0 Å². The molecule has 96 valence electrons. The van der Waals surface area contributed by atoms with Gasteiger partial charge in [-0.2, -0.15) is 18.4 Å². The Bertz CT molecular complexity index is 486. The monoisotopic (exact) mass is 255 g/mol. The maximum absolute atomic E-state index is 12.6. The van der Waals surface area contributed by atoms with Gasteiger partial charge in [-0.05, 0) is 18.2 Å². The van der Waals surface area contributed by atoms with Gasteiger partial charge >= 0.3 is 6.18 Å². The highest BCUT2D eigenvalue weighted by atomic mass is 19.4. The van der Waals surface area contributed by atoms with E-state index in [2.05, 4.69) is 5.32 Å². The van der Waals surface area contributed by atoms with Gasteiger partial charge in [-0.25, -0.2) is 0 Å². The van der Waals surface area contributed by atoms with Crippen molar-refractivity contribution < 1.29 is 13.2 Å². The van der Waals surface area contributed by atoms with Crippen LogP contribution in [0.4, 0.5) is 18.9 Å². The molecular formula is C12H12F3N3. The van der Waals surface area contributed by atoms with Gasteiger partial charge in [0.25, 0.3) is 0 Å². The van der Waals surface area contributed by atoms with Gasteiger partial charge in [0.2, 0.25) is 0 Å². The van der Waals surface area contributed by atoms with Gasteiger partial charge in [0.1, 0.15) is 0 Å². The molecule has 1 N–H and O–H groups in total. The molecule has 1 aromatic carbocycles. The van der Waals surface area contributed by atoms with Crippen LogP contribution in [0, 0.1) is 11.3 Å². The molecule has 0 radical (unpaired) electrons. The Labute approximate surface area is 103 Å². The summed E-state index contributed by atoms with van der Waals surface area (Å²) in [6.45, 7) is 1.61. The summed E-state index contributed by atoms with van der Waals surface area (Å²) < 4.78 is 37.9. The van der Waals surface area contributed by atoms with Crippen molar-refractivity contribution in [2.75, 3.05) is 25.0 Å². The molecule has 1 heterocycles. The van der Waals surface area contributed by atoms with Crippen LogP contribution in [-0.2, 0) is 6.18 Å². The van der Waals surface area contributed by atoms with Crippen molar-refractivity contribution in [1.29, 1.82) is 5.26 Å². The number of nitrogens with zero attached hydrogens (tertiary/aromatic N) is 2. The fourth-order valence-corrected chi connectivity index (χ4v) is 1.85. The second-order valence-corrected chi connectivity index (χ2v) is 4.26. The molecule has 1 fully saturated rings. The van der Waals surface area contributed by atoms with E-state index in [-0.39, 0.29) is 11.6 Å². The van der Waals surface area contributed by atoms with Crippen molar-refractivity contribution in [1.82, 2.24) is 5.32 Å². The summed E-state index contributed by atoms with van der Waals surface area (Å²) in [5, 5.41) is 11.9. The Morgan fingerprint density at radius 2 is 2.06 bits per heavy atom. The lowest BCUT2D eigenvalue weighted by Crippen LogP contribution is -2.56. The van der Waals surface area contributed by atoms with Crippen LogP contribution in [0.5, 0.6) is 0 Å². The van der Waals surface area contributed by atoms with E-state index < -0.39 is 11.7 Å². The number of anilines is 1. The van der Waals surface area contributed by atoms with Crippen molar-refractivity contribution >= 4 is 5.69 Å². The number of likely N-dealkylation sites (N-methyl/N-ethyl adjacent to an activating group) is 1. The number of nitrogens with one attached hydrogen (secondary N) is 1. The fraction of sp³-hybridized carbons (Fsp3) is 0.417. The third-order valence-corrected chi connectivity index (χ3v) is 3.14. The van der Waals surface area contributed by atoms with Crippen molar-refractivity contribution in [2.24, 2.45) is 0 Å². The lowest BCUT2D eigenvalue weighted by atomic mass is 10.0. The van der Waals surface area contributed by atoms with Crippen molar-refractivity contribution in [3.63, 3.8) is 0 Å². The molecule has 1 saturated heterocycles. The fourth-order valence-electron chi connectivity index (χ4n) is 1.85. The molecule has 1 aliphatic heterocycles. The summed E-state index contributed by atoms with van der Waals surface area (Å²) in [6.07, 6.45) is -4.49. The molecule has 2 rings (SSSR count). The van der Waals surface area contributed by atoms with Crippen molar-refractivity contribution in [3.05, 3.63) is 29.3 Å². The number of benzene rings is 1. The molecule has 6 heteroatoms. The lowest BCUT2D eigenvalue weighted by molar-refractivity contribution is -0.137. The number of nitriles is 1. The molecule has 0 aromatic heterocycles. The summed E-state index contributed by atoms with van der Waals surface area (Å²) in [5.74, 6) is 0. The lowest BCUT2D eigenvalue weighted by Gasteiger charge is -2.37. The maximum atomic E-state index is 12.6. The van der Waals surface area contributed by atoms with Gasteiger partial charge in [0.15, 0.2) is 0 Å². The standard InChI is InChI=1S/C12H12F3N3/c1-18(10-6-17-7-10)9-2-3-11(12(13,14)15)8(4-9)5-16/h2-4,10,17H,6-7H2,1H3. The van der Waals surface area contributed by atoms with Crippen LogP contribution in [0.2, 0.25) is 0 Å². The van der Waals surface area contributed by atoms with Crippen molar-refractivity contribution in [3.8, 4) is 6.07 Å². The zero-order valence-electron chi connectivity index (χ0n) is 9.75. The van der Waals surface area contributed by atoms with Gasteiger partial charge in [0.05, 0.1) is 23.2 Å². The largest absolute Gasteiger partial charge is 0.417 e. The Kier molecular flexibility index (Phi) is 3.18. The molecule has 0 bridgehead atoms. The normalized spacial score (nSPS) is 15.9. The van der Waals surface area contributed by atoms with E-state index in [1.165, 1.54) is 12.1 Å². The number of halogens is 3. The van der Waals surface area contributed by atoms with Gasteiger partial charge in [-0.1, -0.05) is 0 Å². The first kappa shape index (κ1) is 12.7. The first-order chi connectivity index (χ1) is 8.43. The summed E-state index contributed by atoms with van der Waals surface area (Å²) in [4.78, 5) is 1.89. The minimum Gasteiger partial charge on any atom is -0.369 e. The smallest absolute Gasteiger partial charge is 0.369 e. The second kappa shape index (κ2) is 4.50. The molecule has 1 aromatic rings. The van der Waals surface area contributed by atoms with E-state index in [9.17, 15) is 13.2 Å². The molecule has 1 aliphatic rings. The second-order valence-electron chi connectivity index (χ2n) is 4.26. The summed E-state index contributed by atoms with van der Waals surface area (Å²) >= 11 is 0. The third-order valence-electron chi connectivity index (χ3n) is 3.14. The maximum Gasteiger partial charge on any atom is 0.417 e. The topological polar surface area (TPSA) is 39.1 Å². The van der Waals surface area contributed by atoms with Gasteiger partial charge < -0.3 is 10.2 Å². The van der Waals surface area contributed by atoms with Crippen LogP contribution in [0.25, 0.3) is 0 Å². The van der Waals surface area contributed by atoms with Gasteiger partial charge in [-0.3, -0.25) is 0 Å². The first-order valence-electron chi connectivity index (χ1n) is 5.48. The van der Waals surface area contributed by atoms with Crippen LogP contribution < -0.4 is 10.2 Å². The van der Waals surface area contributed by atoms with Crippen LogP contribution in [0.15, 0.2) is 18.2 Å². The highest BCUT2D eigenvalue weighted by Crippen LogP contribution is 2.33. The minimum atomic E-state index is -4.49. The number of alkyl halides is 3. The molecule has 3 nitrogen and oxygen atoms in total. The van der Waals surface area contributed by atoms with E-state index in [0.29, 0.717) is 5.69 Å². The zero-order valence-corrected chi connectivity index (χ0v) is 9.75. The third kappa shape index (κ3) is 2.27. The average Bonchev–Trinajstić information content (AvgIpc) is 2.24. The van der Waals surface area contributed by atoms with Crippen LogP contribution in [0.1, 0.15) is 11.1 Å². The Hall–Kier alpha value is -1.74. The molecule has 18 heavy (non-hydrogen) atoms. The summed E-state index contributed by atoms with van der Waals surface area (Å²) in [7, 11) is 1.81. The van der Waals surface area contributed by atoms with Crippen LogP contribution in [0.3, 0.4) is 0 Å². The number of hydrogen-bond donors (Lipinski definition) is 1. The molecule has 0 saturated carbocycles. The Balaban J connectivity index is 2.33. The van der Waals surface area contributed by atoms with Gasteiger partial charge in [-0.15, -0.1) is 0 Å². The van der Waals surface area contributed by atoms with E-state index in [1.807, 2.05) is 11.9 Å². The molecule has 0 amide bonds. The first-order valence-corrected chi connectivity index (χ1v) is 5.48. The molecule has 0 atom stereocenters. The molecule has 0 spiro atoms. The SMILES string of the molecule is CN(c1ccc(C(F)(F)F)c(C#N)c1)C1CNC1. The zero-order chi connectivity index (χ0) is 13.3. The Morgan fingerprint density at radius 3 is 2.50 bits per heavy atom. The van der Waals surface area contributed by atoms with Gasteiger partial charge in [0, 0.05) is 25.8 Å². The average molecular weight is 255 g/mol. The Morgan fingerprint density at radius 1 is 1.39 bits per heavy atom.